The molecular formula is C23H29FN6O2. The lowest BCUT2D eigenvalue weighted by Crippen LogP contribution is -2.50. The zero-order chi connectivity index (χ0) is 22.4. The average molecular weight is 441 g/mol. The molecular weight excluding hydrogens is 411 g/mol. The fourth-order valence-corrected chi connectivity index (χ4v) is 4.87. The van der Waals surface area contributed by atoms with Crippen molar-refractivity contribution in [2.75, 3.05) is 31.6 Å². The summed E-state index contributed by atoms with van der Waals surface area (Å²) < 4.78 is 22.5. The van der Waals surface area contributed by atoms with Crippen LogP contribution in [0.1, 0.15) is 29.2 Å². The standard InChI is InChI=1S/C23H29FN6O2/c1-13-6-15-8-25-23(28-20-9-26-29(3)14(20)2)27-19(15)7-17(13)16-4-5-30(10-18(16)24)21-11-32-12-22(21)31/h6-9,16,18,21-22,31H,4-5,10-12H2,1-3H3,(H,25,27,28)/t16-,18?,21?,22+/m0/s1. The van der Waals surface area contributed by atoms with Crippen LogP contribution in [-0.2, 0) is 11.8 Å². The maximum absolute atomic E-state index is 15.3. The second-order valence-electron chi connectivity index (χ2n) is 8.93. The number of aromatic nitrogens is 4. The SMILES string of the molecule is Cc1cc2cnc(Nc3cnn(C)c3C)nc2cc1[C@@H]1CCN(C2COC[C@H]2O)CC1F. The molecule has 9 heteroatoms. The van der Waals surface area contributed by atoms with Crippen LogP contribution in [0.3, 0.4) is 0 Å². The quantitative estimate of drug-likeness (QED) is 0.645. The second kappa shape index (κ2) is 8.38. The lowest BCUT2D eigenvalue weighted by Gasteiger charge is -2.39. The number of aryl methyl sites for hydroxylation is 2. The summed E-state index contributed by atoms with van der Waals surface area (Å²) in [4.78, 5) is 11.2. The molecule has 2 N–H and O–H groups in total. The number of halogens is 1. The van der Waals surface area contributed by atoms with Gasteiger partial charge < -0.3 is 15.2 Å². The van der Waals surface area contributed by atoms with Crippen LogP contribution in [0.15, 0.2) is 24.5 Å². The van der Waals surface area contributed by atoms with Crippen molar-refractivity contribution in [3.05, 3.63) is 41.3 Å². The number of likely N-dealkylation sites (tertiary alicyclic amines) is 1. The van der Waals surface area contributed by atoms with E-state index in [2.05, 4.69) is 20.4 Å². The van der Waals surface area contributed by atoms with Crippen molar-refractivity contribution in [1.29, 1.82) is 0 Å². The Bertz CT molecular complexity index is 1140. The van der Waals surface area contributed by atoms with Crippen LogP contribution in [-0.4, -0.2) is 74.4 Å². The molecule has 2 unspecified atom stereocenters. The summed E-state index contributed by atoms with van der Waals surface area (Å²) in [6.07, 6.45) is 2.70. The Kier molecular flexibility index (Phi) is 5.56. The highest BCUT2D eigenvalue weighted by Crippen LogP contribution is 2.35. The van der Waals surface area contributed by atoms with E-state index in [1.165, 1.54) is 0 Å². The molecule has 0 radical (unpaired) electrons. The number of nitrogens with one attached hydrogen (secondary N) is 1. The molecule has 2 aliphatic heterocycles. The first-order valence-corrected chi connectivity index (χ1v) is 11.1. The van der Waals surface area contributed by atoms with Gasteiger partial charge in [-0.2, -0.15) is 5.10 Å². The summed E-state index contributed by atoms with van der Waals surface area (Å²) in [5.74, 6) is 0.298. The van der Waals surface area contributed by atoms with Gasteiger partial charge in [0, 0.05) is 31.1 Å². The minimum Gasteiger partial charge on any atom is -0.389 e. The molecule has 2 aromatic heterocycles. The lowest BCUT2D eigenvalue weighted by atomic mass is 9.84. The molecule has 4 atom stereocenters. The summed E-state index contributed by atoms with van der Waals surface area (Å²) in [5.41, 5.74) is 4.68. The summed E-state index contributed by atoms with van der Waals surface area (Å²) in [6, 6.07) is 3.94. The van der Waals surface area contributed by atoms with Gasteiger partial charge in [-0.1, -0.05) is 0 Å². The summed E-state index contributed by atoms with van der Waals surface area (Å²) >= 11 is 0. The van der Waals surface area contributed by atoms with E-state index in [0.29, 0.717) is 32.1 Å². The van der Waals surface area contributed by atoms with Crippen LogP contribution in [0.5, 0.6) is 0 Å². The van der Waals surface area contributed by atoms with E-state index in [0.717, 1.165) is 40.0 Å². The number of nitrogens with zero attached hydrogens (tertiary/aromatic N) is 5. The number of anilines is 2. The highest BCUT2D eigenvalue weighted by atomic mass is 19.1. The third kappa shape index (κ3) is 3.85. The number of benzene rings is 1. The van der Waals surface area contributed by atoms with Gasteiger partial charge in [0.2, 0.25) is 5.95 Å². The number of fused-ring (bicyclic) bond motifs is 1. The molecule has 0 spiro atoms. The van der Waals surface area contributed by atoms with Gasteiger partial charge in [-0.15, -0.1) is 0 Å². The van der Waals surface area contributed by atoms with Gasteiger partial charge in [-0.3, -0.25) is 9.58 Å². The molecule has 0 amide bonds. The second-order valence-corrected chi connectivity index (χ2v) is 8.93. The number of rotatable bonds is 4. The average Bonchev–Trinajstić information content (AvgIpc) is 3.34. The van der Waals surface area contributed by atoms with Gasteiger partial charge in [-0.25, -0.2) is 14.4 Å². The number of hydrogen-bond donors (Lipinski definition) is 2. The summed E-state index contributed by atoms with van der Waals surface area (Å²) in [6.45, 7) is 5.85. The number of aliphatic hydroxyl groups excluding tert-OH is 1. The van der Waals surface area contributed by atoms with E-state index in [1.807, 2.05) is 37.9 Å². The zero-order valence-corrected chi connectivity index (χ0v) is 18.6. The van der Waals surface area contributed by atoms with E-state index in [-0.39, 0.29) is 12.0 Å². The minimum atomic E-state index is -1.01. The van der Waals surface area contributed by atoms with Crippen molar-refractivity contribution in [2.24, 2.45) is 7.05 Å². The third-order valence-corrected chi connectivity index (χ3v) is 6.91. The van der Waals surface area contributed by atoms with Gasteiger partial charge in [0.25, 0.3) is 0 Å². The first-order chi connectivity index (χ1) is 15.4. The molecule has 4 heterocycles. The van der Waals surface area contributed by atoms with Crippen LogP contribution in [0.25, 0.3) is 10.9 Å². The number of ether oxygens (including phenoxy) is 1. The Morgan fingerprint density at radius 2 is 2.06 bits per heavy atom. The van der Waals surface area contributed by atoms with Crippen molar-refractivity contribution in [3.8, 4) is 0 Å². The van der Waals surface area contributed by atoms with E-state index in [9.17, 15) is 5.11 Å². The fourth-order valence-electron chi connectivity index (χ4n) is 4.87. The maximum Gasteiger partial charge on any atom is 0.227 e. The number of piperidine rings is 1. The van der Waals surface area contributed by atoms with Crippen LogP contribution in [0.4, 0.5) is 16.0 Å². The molecule has 2 aliphatic rings. The molecule has 2 saturated heterocycles. The van der Waals surface area contributed by atoms with Gasteiger partial charge in [0.1, 0.15) is 6.17 Å². The molecule has 0 bridgehead atoms. The largest absolute Gasteiger partial charge is 0.389 e. The maximum atomic E-state index is 15.3. The monoisotopic (exact) mass is 440 g/mol. The fraction of sp³-hybridized carbons (Fsp3) is 0.522. The Morgan fingerprint density at radius 3 is 2.75 bits per heavy atom. The predicted molar refractivity (Wildman–Crippen MR) is 120 cm³/mol. The van der Waals surface area contributed by atoms with Gasteiger partial charge in [-0.05, 0) is 50.1 Å². The molecule has 3 aromatic rings. The van der Waals surface area contributed by atoms with Crippen LogP contribution in [0.2, 0.25) is 0 Å². The predicted octanol–water partition coefficient (Wildman–Crippen LogP) is 2.61. The first kappa shape index (κ1) is 21.2. The van der Waals surface area contributed by atoms with Crippen molar-refractivity contribution >= 4 is 22.5 Å². The number of aliphatic hydroxyl groups is 1. The van der Waals surface area contributed by atoms with Crippen LogP contribution >= 0.6 is 0 Å². The molecule has 170 valence electrons. The van der Waals surface area contributed by atoms with Gasteiger partial charge in [0.05, 0.1) is 48.5 Å². The lowest BCUT2D eigenvalue weighted by molar-refractivity contribution is 0.0352. The molecule has 32 heavy (non-hydrogen) atoms. The van der Waals surface area contributed by atoms with E-state index in [1.54, 1.807) is 17.1 Å². The smallest absolute Gasteiger partial charge is 0.227 e. The molecule has 0 saturated carbocycles. The number of alkyl halides is 1. The highest BCUT2D eigenvalue weighted by molar-refractivity contribution is 5.81. The molecule has 8 nitrogen and oxygen atoms in total. The summed E-state index contributed by atoms with van der Waals surface area (Å²) in [7, 11) is 1.88. The van der Waals surface area contributed by atoms with E-state index >= 15 is 4.39 Å². The van der Waals surface area contributed by atoms with E-state index < -0.39 is 12.3 Å². The Labute approximate surface area is 186 Å². The van der Waals surface area contributed by atoms with Crippen molar-refractivity contribution in [3.63, 3.8) is 0 Å². The van der Waals surface area contributed by atoms with E-state index in [4.69, 9.17) is 4.74 Å². The summed E-state index contributed by atoms with van der Waals surface area (Å²) in [5, 5.41) is 18.5. The van der Waals surface area contributed by atoms with Gasteiger partial charge in [0.15, 0.2) is 0 Å². The topological polar surface area (TPSA) is 88.3 Å². The number of hydrogen-bond acceptors (Lipinski definition) is 7. The molecule has 5 rings (SSSR count). The van der Waals surface area contributed by atoms with Crippen LogP contribution < -0.4 is 5.32 Å². The van der Waals surface area contributed by atoms with Gasteiger partial charge >= 0.3 is 0 Å². The van der Waals surface area contributed by atoms with Crippen molar-refractivity contribution in [2.45, 2.75) is 44.5 Å². The minimum absolute atomic E-state index is 0.107. The normalized spacial score (nSPS) is 26.7. The molecule has 2 fully saturated rings. The Balaban J connectivity index is 1.39. The zero-order valence-electron chi connectivity index (χ0n) is 18.6. The third-order valence-electron chi connectivity index (χ3n) is 6.91. The first-order valence-electron chi connectivity index (χ1n) is 11.1. The molecule has 0 aliphatic carbocycles. The Hall–Kier alpha value is -2.62. The van der Waals surface area contributed by atoms with Crippen LogP contribution in [0, 0.1) is 13.8 Å². The highest BCUT2D eigenvalue weighted by Gasteiger charge is 2.38. The molecule has 1 aromatic carbocycles. The Morgan fingerprint density at radius 1 is 1.22 bits per heavy atom. The van der Waals surface area contributed by atoms with Crippen molar-refractivity contribution < 1.29 is 14.2 Å². The van der Waals surface area contributed by atoms with Crippen molar-refractivity contribution in [1.82, 2.24) is 24.6 Å².